The Morgan fingerprint density at radius 1 is 0.938 bits per heavy atom. The van der Waals surface area contributed by atoms with E-state index in [-0.39, 0.29) is 17.2 Å². The van der Waals surface area contributed by atoms with Crippen molar-refractivity contribution in [2.24, 2.45) is 0 Å². The highest BCUT2D eigenvalue weighted by molar-refractivity contribution is 7.98. The molecule has 0 fully saturated rings. The molecule has 0 bridgehead atoms. The van der Waals surface area contributed by atoms with Gasteiger partial charge in [-0.25, -0.2) is 4.79 Å². The molecule has 3 aromatic rings. The molecule has 168 valence electrons. The van der Waals surface area contributed by atoms with Crippen molar-refractivity contribution in [1.82, 2.24) is 5.32 Å². The van der Waals surface area contributed by atoms with E-state index in [1.807, 2.05) is 61.0 Å². The minimum absolute atomic E-state index is 0.222. The molecule has 4 nitrogen and oxygen atoms in total. The SMILES string of the molecule is CSc1ccc(NC(=O)NCc2cc(C(C)(C)C)c(O)cc2-c2cccc(SC)c2)cc1. The van der Waals surface area contributed by atoms with Crippen LogP contribution < -0.4 is 10.6 Å². The van der Waals surface area contributed by atoms with Crippen LogP contribution in [0.25, 0.3) is 11.1 Å². The second-order valence-electron chi connectivity index (χ2n) is 8.54. The van der Waals surface area contributed by atoms with E-state index in [9.17, 15) is 9.90 Å². The highest BCUT2D eigenvalue weighted by Gasteiger charge is 2.21. The molecule has 0 unspecified atom stereocenters. The summed E-state index contributed by atoms with van der Waals surface area (Å²) in [6.07, 6.45) is 4.06. The molecule has 3 aromatic carbocycles. The number of carbonyl (C=O) groups is 1. The number of aromatic hydroxyl groups is 1. The summed E-state index contributed by atoms with van der Waals surface area (Å²) in [7, 11) is 0. The minimum atomic E-state index is -0.268. The Kier molecular flexibility index (Phi) is 7.80. The van der Waals surface area contributed by atoms with E-state index in [1.165, 1.54) is 0 Å². The monoisotopic (exact) mass is 466 g/mol. The highest BCUT2D eigenvalue weighted by atomic mass is 32.2. The molecular formula is C26H30N2O2S2. The predicted molar refractivity (Wildman–Crippen MR) is 138 cm³/mol. The summed E-state index contributed by atoms with van der Waals surface area (Å²) in [5.74, 6) is 0.268. The molecule has 0 saturated heterocycles. The lowest BCUT2D eigenvalue weighted by atomic mass is 9.83. The van der Waals surface area contributed by atoms with Gasteiger partial charge in [0.25, 0.3) is 0 Å². The molecule has 2 amide bonds. The topological polar surface area (TPSA) is 61.4 Å². The second-order valence-corrected chi connectivity index (χ2v) is 10.3. The summed E-state index contributed by atoms with van der Waals surface area (Å²) in [4.78, 5) is 14.8. The molecule has 0 aromatic heterocycles. The molecule has 3 N–H and O–H groups in total. The molecule has 0 aliphatic carbocycles. The van der Waals surface area contributed by atoms with Crippen LogP contribution in [0.15, 0.2) is 70.5 Å². The van der Waals surface area contributed by atoms with Gasteiger partial charge in [-0.2, -0.15) is 0 Å². The average Bonchev–Trinajstić information content (AvgIpc) is 2.77. The first kappa shape index (κ1) is 24.1. The average molecular weight is 467 g/mol. The van der Waals surface area contributed by atoms with Gasteiger partial charge in [-0.15, -0.1) is 23.5 Å². The Bertz CT molecular complexity index is 1090. The van der Waals surface area contributed by atoms with Crippen molar-refractivity contribution in [1.29, 1.82) is 0 Å². The molecule has 0 aliphatic rings. The summed E-state index contributed by atoms with van der Waals surface area (Å²) in [6.45, 7) is 6.55. The summed E-state index contributed by atoms with van der Waals surface area (Å²) in [5.41, 5.74) is 4.26. The van der Waals surface area contributed by atoms with E-state index in [0.29, 0.717) is 6.54 Å². The Balaban J connectivity index is 1.87. The van der Waals surface area contributed by atoms with E-state index in [1.54, 1.807) is 23.5 Å². The standard InChI is InChI=1S/C26H30N2O2S2/c1-26(2,3)23-14-18(16-27-25(30)28-19-9-11-20(31-4)12-10-19)22(15-24(23)29)17-7-6-8-21(13-17)32-5/h6-15,29H,16H2,1-5H3,(H2,27,28,30). The first-order valence-corrected chi connectivity index (χ1v) is 12.9. The number of anilines is 1. The predicted octanol–water partition coefficient (Wildman–Crippen LogP) is 7.12. The van der Waals surface area contributed by atoms with E-state index in [0.717, 1.165) is 37.7 Å². The van der Waals surface area contributed by atoms with E-state index >= 15 is 0 Å². The van der Waals surface area contributed by atoms with Crippen LogP contribution in [0.4, 0.5) is 10.5 Å². The van der Waals surface area contributed by atoms with Crippen molar-refractivity contribution < 1.29 is 9.90 Å². The number of thioether (sulfide) groups is 2. The molecule has 3 rings (SSSR count). The lowest BCUT2D eigenvalue weighted by Gasteiger charge is -2.23. The molecule has 6 heteroatoms. The van der Waals surface area contributed by atoms with E-state index in [4.69, 9.17) is 0 Å². The summed E-state index contributed by atoms with van der Waals surface area (Å²) in [6, 6.07) is 19.5. The van der Waals surface area contributed by atoms with Gasteiger partial charge < -0.3 is 15.7 Å². The van der Waals surface area contributed by atoms with Crippen LogP contribution in [0.3, 0.4) is 0 Å². The Labute approximate surface area is 199 Å². The normalized spacial score (nSPS) is 11.3. The third-order valence-electron chi connectivity index (χ3n) is 5.20. The molecule has 32 heavy (non-hydrogen) atoms. The smallest absolute Gasteiger partial charge is 0.319 e. The van der Waals surface area contributed by atoms with E-state index in [2.05, 4.69) is 43.5 Å². The van der Waals surface area contributed by atoms with Crippen molar-refractivity contribution in [2.75, 3.05) is 17.8 Å². The van der Waals surface area contributed by atoms with Crippen LogP contribution >= 0.6 is 23.5 Å². The fourth-order valence-electron chi connectivity index (χ4n) is 3.46. The van der Waals surface area contributed by atoms with Crippen molar-refractivity contribution in [2.45, 2.75) is 42.5 Å². The molecular weight excluding hydrogens is 436 g/mol. The largest absolute Gasteiger partial charge is 0.508 e. The Morgan fingerprint density at radius 3 is 2.25 bits per heavy atom. The number of nitrogens with one attached hydrogen (secondary N) is 2. The number of phenols is 1. The van der Waals surface area contributed by atoms with Gasteiger partial charge >= 0.3 is 6.03 Å². The molecule has 0 saturated carbocycles. The maximum atomic E-state index is 12.6. The second kappa shape index (κ2) is 10.4. The van der Waals surface area contributed by atoms with Crippen molar-refractivity contribution in [3.63, 3.8) is 0 Å². The summed E-state index contributed by atoms with van der Waals surface area (Å²) in [5, 5.41) is 16.6. The van der Waals surface area contributed by atoms with Crippen LogP contribution in [0.5, 0.6) is 5.75 Å². The van der Waals surface area contributed by atoms with Crippen LogP contribution in [0.1, 0.15) is 31.9 Å². The maximum absolute atomic E-state index is 12.6. The Morgan fingerprint density at radius 2 is 1.62 bits per heavy atom. The first-order valence-electron chi connectivity index (χ1n) is 10.4. The van der Waals surface area contributed by atoms with Crippen LogP contribution in [0, 0.1) is 0 Å². The molecule has 0 spiro atoms. The van der Waals surface area contributed by atoms with Crippen LogP contribution in [-0.2, 0) is 12.0 Å². The van der Waals surface area contributed by atoms with Gasteiger partial charge in [0.1, 0.15) is 5.75 Å². The zero-order valence-corrected chi connectivity index (χ0v) is 20.8. The minimum Gasteiger partial charge on any atom is -0.508 e. The maximum Gasteiger partial charge on any atom is 0.319 e. The van der Waals surface area contributed by atoms with Crippen LogP contribution in [0.2, 0.25) is 0 Å². The third-order valence-corrected chi connectivity index (χ3v) is 6.67. The van der Waals surface area contributed by atoms with Gasteiger partial charge in [0.05, 0.1) is 0 Å². The lowest BCUT2D eigenvalue weighted by Crippen LogP contribution is -2.28. The summed E-state index contributed by atoms with van der Waals surface area (Å²) < 4.78 is 0. The van der Waals surface area contributed by atoms with Crippen molar-refractivity contribution >= 4 is 35.2 Å². The number of benzene rings is 3. The first-order chi connectivity index (χ1) is 15.2. The zero-order valence-electron chi connectivity index (χ0n) is 19.2. The number of carbonyl (C=O) groups excluding carboxylic acids is 1. The fourth-order valence-corrected chi connectivity index (χ4v) is 4.33. The number of hydrogen-bond acceptors (Lipinski definition) is 4. The molecule has 0 heterocycles. The van der Waals surface area contributed by atoms with Gasteiger partial charge in [0.2, 0.25) is 0 Å². The Hall–Kier alpha value is -2.57. The lowest BCUT2D eigenvalue weighted by molar-refractivity contribution is 0.252. The summed E-state index contributed by atoms with van der Waals surface area (Å²) >= 11 is 3.33. The number of urea groups is 1. The van der Waals surface area contributed by atoms with Crippen molar-refractivity contribution in [3.05, 3.63) is 71.8 Å². The number of phenolic OH excluding ortho intramolecular Hbond substituents is 1. The quantitative estimate of drug-likeness (QED) is 0.338. The van der Waals surface area contributed by atoms with Gasteiger partial charge in [-0.05, 0) is 88.7 Å². The number of hydrogen-bond donors (Lipinski definition) is 3. The zero-order chi connectivity index (χ0) is 23.3. The van der Waals surface area contributed by atoms with Gasteiger partial charge in [-0.1, -0.05) is 32.9 Å². The number of amides is 2. The fraction of sp³-hybridized carbons (Fsp3) is 0.269. The van der Waals surface area contributed by atoms with E-state index < -0.39 is 0 Å². The highest BCUT2D eigenvalue weighted by Crippen LogP contribution is 2.37. The van der Waals surface area contributed by atoms with Gasteiger partial charge in [0.15, 0.2) is 0 Å². The van der Waals surface area contributed by atoms with Crippen LogP contribution in [-0.4, -0.2) is 23.6 Å². The van der Waals surface area contributed by atoms with Crippen molar-refractivity contribution in [3.8, 4) is 16.9 Å². The number of rotatable bonds is 6. The third kappa shape index (κ3) is 6.02. The molecule has 0 aliphatic heterocycles. The molecule has 0 atom stereocenters. The van der Waals surface area contributed by atoms with Gasteiger partial charge in [0, 0.05) is 22.0 Å². The molecule has 0 radical (unpaired) electrons. The van der Waals surface area contributed by atoms with Gasteiger partial charge in [-0.3, -0.25) is 0 Å².